The van der Waals surface area contributed by atoms with Crippen LogP contribution in [-0.2, 0) is 4.74 Å². The van der Waals surface area contributed by atoms with E-state index in [1.807, 2.05) is 5.51 Å². The Balaban J connectivity index is 1.98. The van der Waals surface area contributed by atoms with E-state index in [1.165, 1.54) is 0 Å². The molecule has 1 aromatic heterocycles. The molecule has 2 heterocycles. The van der Waals surface area contributed by atoms with Gasteiger partial charge in [-0.1, -0.05) is 0 Å². The molecule has 0 amide bonds. The van der Waals surface area contributed by atoms with Gasteiger partial charge in [0.25, 0.3) is 0 Å². The van der Waals surface area contributed by atoms with Crippen LogP contribution in [0.25, 0.3) is 0 Å². The van der Waals surface area contributed by atoms with Crippen LogP contribution in [0.2, 0.25) is 0 Å². The Morgan fingerprint density at radius 1 is 1.80 bits per heavy atom. The van der Waals surface area contributed by atoms with Crippen molar-refractivity contribution in [1.29, 1.82) is 0 Å². The molecule has 2 atom stereocenters. The van der Waals surface area contributed by atoms with E-state index < -0.39 is 0 Å². The Bertz CT molecular complexity index is 291. The van der Waals surface area contributed by atoms with Crippen molar-refractivity contribution in [1.82, 2.24) is 9.88 Å². The highest BCUT2D eigenvalue weighted by Crippen LogP contribution is 2.21. The number of rotatable bonds is 3. The molecule has 1 aliphatic heterocycles. The maximum absolute atomic E-state index is 5.62. The van der Waals surface area contributed by atoms with Crippen LogP contribution in [0.15, 0.2) is 10.9 Å². The monoisotopic (exact) mass is 227 g/mol. The first-order chi connectivity index (χ1) is 7.31. The Hall–Kier alpha value is -0.490. The second-order valence-electron chi connectivity index (χ2n) is 3.81. The van der Waals surface area contributed by atoms with E-state index in [4.69, 9.17) is 10.5 Å². The van der Waals surface area contributed by atoms with E-state index in [0.717, 1.165) is 25.4 Å². The molecule has 0 radical (unpaired) electrons. The molecule has 2 N–H and O–H groups in total. The number of hydrogen-bond donors (Lipinski definition) is 1. The summed E-state index contributed by atoms with van der Waals surface area (Å²) in [7, 11) is 0. The quantitative estimate of drug-likeness (QED) is 0.832. The minimum absolute atomic E-state index is 0.180. The molecule has 1 aliphatic rings. The number of morpholine rings is 1. The fourth-order valence-electron chi connectivity index (χ4n) is 1.85. The third kappa shape index (κ3) is 2.55. The summed E-state index contributed by atoms with van der Waals surface area (Å²) in [4.78, 5) is 6.73. The Labute approximate surface area is 94.1 Å². The summed E-state index contributed by atoms with van der Waals surface area (Å²) in [6, 6.07) is 0.370. The molecule has 0 aromatic carbocycles. The second kappa shape index (κ2) is 5.03. The lowest BCUT2D eigenvalue weighted by Crippen LogP contribution is -2.46. The summed E-state index contributed by atoms with van der Waals surface area (Å²) in [6.45, 7) is 5.44. The molecule has 0 aliphatic carbocycles. The van der Waals surface area contributed by atoms with Gasteiger partial charge in [-0.3, -0.25) is 4.90 Å². The van der Waals surface area contributed by atoms with Crippen molar-refractivity contribution < 1.29 is 4.74 Å². The summed E-state index contributed by atoms with van der Waals surface area (Å²) in [5.74, 6) is 0. The van der Waals surface area contributed by atoms with Gasteiger partial charge in [0.15, 0.2) is 0 Å². The van der Waals surface area contributed by atoms with Crippen molar-refractivity contribution in [3.63, 3.8) is 0 Å². The molecular weight excluding hydrogens is 210 g/mol. The fraction of sp³-hybridized carbons (Fsp3) is 0.700. The van der Waals surface area contributed by atoms with E-state index in [-0.39, 0.29) is 6.10 Å². The average Bonchev–Trinajstić information content (AvgIpc) is 2.81. The van der Waals surface area contributed by atoms with Gasteiger partial charge in [0, 0.05) is 25.0 Å². The Morgan fingerprint density at radius 2 is 2.67 bits per heavy atom. The van der Waals surface area contributed by atoms with Crippen LogP contribution in [0.4, 0.5) is 0 Å². The standard InChI is InChI=1S/C10H17N3OS/c1-8(10-6-15-7-12-10)13-2-3-14-9(4-11)5-13/h6-9H,2-5,11H2,1H3. The van der Waals surface area contributed by atoms with Crippen LogP contribution in [0, 0.1) is 0 Å². The van der Waals surface area contributed by atoms with Crippen LogP contribution in [0.5, 0.6) is 0 Å². The van der Waals surface area contributed by atoms with Gasteiger partial charge in [-0.25, -0.2) is 4.98 Å². The van der Waals surface area contributed by atoms with Crippen molar-refractivity contribution in [3.05, 3.63) is 16.6 Å². The van der Waals surface area contributed by atoms with Gasteiger partial charge in [0.1, 0.15) is 0 Å². The Kier molecular flexibility index (Phi) is 3.69. The number of hydrogen-bond acceptors (Lipinski definition) is 5. The van der Waals surface area contributed by atoms with Crippen LogP contribution in [-0.4, -0.2) is 42.2 Å². The zero-order valence-electron chi connectivity index (χ0n) is 8.93. The van der Waals surface area contributed by atoms with Crippen LogP contribution >= 0.6 is 11.3 Å². The summed E-state index contributed by atoms with van der Waals surface area (Å²) >= 11 is 1.64. The van der Waals surface area contributed by atoms with Gasteiger partial charge < -0.3 is 10.5 Å². The summed E-state index contributed by atoms with van der Waals surface area (Å²) in [5, 5.41) is 2.11. The predicted octanol–water partition coefficient (Wildman–Crippen LogP) is 0.864. The molecule has 2 unspecified atom stereocenters. The lowest BCUT2D eigenvalue weighted by atomic mass is 10.2. The van der Waals surface area contributed by atoms with Gasteiger partial charge in [0.2, 0.25) is 0 Å². The molecule has 0 saturated carbocycles. The van der Waals surface area contributed by atoms with Crippen LogP contribution < -0.4 is 5.73 Å². The maximum Gasteiger partial charge on any atom is 0.0824 e. The number of ether oxygens (including phenoxy) is 1. The third-order valence-electron chi connectivity index (χ3n) is 2.86. The van der Waals surface area contributed by atoms with Gasteiger partial charge in [0.05, 0.1) is 30.0 Å². The van der Waals surface area contributed by atoms with E-state index >= 15 is 0 Å². The second-order valence-corrected chi connectivity index (χ2v) is 4.53. The smallest absolute Gasteiger partial charge is 0.0824 e. The first-order valence-electron chi connectivity index (χ1n) is 5.25. The zero-order valence-corrected chi connectivity index (χ0v) is 9.74. The van der Waals surface area contributed by atoms with Crippen LogP contribution in [0.1, 0.15) is 18.7 Å². The van der Waals surface area contributed by atoms with Gasteiger partial charge in [-0.15, -0.1) is 11.3 Å². The van der Waals surface area contributed by atoms with Gasteiger partial charge in [-0.2, -0.15) is 0 Å². The average molecular weight is 227 g/mol. The zero-order chi connectivity index (χ0) is 10.7. The molecule has 15 heavy (non-hydrogen) atoms. The van der Waals surface area contributed by atoms with E-state index in [0.29, 0.717) is 12.6 Å². The first kappa shape index (κ1) is 11.0. The number of nitrogens with two attached hydrogens (primary N) is 1. The van der Waals surface area contributed by atoms with Crippen molar-refractivity contribution in [2.75, 3.05) is 26.2 Å². The van der Waals surface area contributed by atoms with Crippen molar-refractivity contribution in [2.45, 2.75) is 19.1 Å². The minimum Gasteiger partial charge on any atom is -0.374 e. The van der Waals surface area contributed by atoms with Crippen molar-refractivity contribution >= 4 is 11.3 Å². The lowest BCUT2D eigenvalue weighted by Gasteiger charge is -2.35. The lowest BCUT2D eigenvalue weighted by molar-refractivity contribution is -0.0369. The normalized spacial score (nSPS) is 25.3. The molecule has 1 fully saturated rings. The van der Waals surface area contributed by atoms with Gasteiger partial charge >= 0.3 is 0 Å². The van der Waals surface area contributed by atoms with Crippen molar-refractivity contribution in [2.24, 2.45) is 5.73 Å². The largest absolute Gasteiger partial charge is 0.374 e. The first-order valence-corrected chi connectivity index (χ1v) is 6.19. The topological polar surface area (TPSA) is 51.4 Å². The molecule has 5 heteroatoms. The molecule has 0 bridgehead atoms. The third-order valence-corrected chi connectivity index (χ3v) is 3.46. The predicted molar refractivity (Wildman–Crippen MR) is 60.9 cm³/mol. The molecule has 1 saturated heterocycles. The molecular formula is C10H17N3OS. The van der Waals surface area contributed by atoms with E-state index in [1.54, 1.807) is 11.3 Å². The summed E-state index contributed by atoms with van der Waals surface area (Å²) in [6.07, 6.45) is 0.180. The highest BCUT2D eigenvalue weighted by molar-refractivity contribution is 7.07. The summed E-state index contributed by atoms with van der Waals surface area (Å²) in [5.41, 5.74) is 8.65. The molecule has 2 rings (SSSR count). The number of aromatic nitrogens is 1. The Morgan fingerprint density at radius 3 is 3.33 bits per heavy atom. The highest BCUT2D eigenvalue weighted by Gasteiger charge is 2.24. The molecule has 0 spiro atoms. The number of nitrogens with zero attached hydrogens (tertiary/aromatic N) is 2. The fourth-order valence-corrected chi connectivity index (χ4v) is 2.49. The highest BCUT2D eigenvalue weighted by atomic mass is 32.1. The number of thiazole rings is 1. The summed E-state index contributed by atoms with van der Waals surface area (Å²) < 4.78 is 5.54. The SMILES string of the molecule is CC(c1cscn1)N1CCOC(CN)C1. The van der Waals surface area contributed by atoms with E-state index in [2.05, 4.69) is 22.2 Å². The van der Waals surface area contributed by atoms with Crippen molar-refractivity contribution in [3.8, 4) is 0 Å². The minimum atomic E-state index is 0.180. The van der Waals surface area contributed by atoms with Crippen LogP contribution in [0.3, 0.4) is 0 Å². The van der Waals surface area contributed by atoms with E-state index in [9.17, 15) is 0 Å². The maximum atomic E-state index is 5.62. The molecule has 4 nitrogen and oxygen atoms in total. The molecule has 84 valence electrons. The molecule has 1 aromatic rings. The van der Waals surface area contributed by atoms with Gasteiger partial charge in [-0.05, 0) is 6.92 Å².